The second-order valence-corrected chi connectivity index (χ2v) is 4.07. The second kappa shape index (κ2) is 5.13. The van der Waals surface area contributed by atoms with E-state index < -0.39 is 12.1 Å². The Morgan fingerprint density at radius 1 is 1.41 bits per heavy atom. The van der Waals surface area contributed by atoms with Gasteiger partial charge in [-0.2, -0.15) is 0 Å². The fourth-order valence-corrected chi connectivity index (χ4v) is 1.91. The number of amides is 1. The summed E-state index contributed by atoms with van der Waals surface area (Å²) in [6.45, 7) is 2.95. The first-order chi connectivity index (χ1) is 8.18. The van der Waals surface area contributed by atoms with E-state index in [1.165, 1.54) is 0 Å². The van der Waals surface area contributed by atoms with Crippen LogP contribution in [0.2, 0.25) is 0 Å². The Morgan fingerprint density at radius 2 is 2.24 bits per heavy atom. The van der Waals surface area contributed by atoms with E-state index in [9.17, 15) is 9.59 Å². The SMILES string of the molecule is O=C(O)C1=NOC(C(=O)N2CCCNCC2)C1. The van der Waals surface area contributed by atoms with Crippen LogP contribution in [0.5, 0.6) is 0 Å². The van der Waals surface area contributed by atoms with Gasteiger partial charge in [0.2, 0.25) is 6.10 Å². The Morgan fingerprint density at radius 3 is 2.94 bits per heavy atom. The first-order valence-corrected chi connectivity index (χ1v) is 5.64. The molecule has 94 valence electrons. The van der Waals surface area contributed by atoms with E-state index >= 15 is 0 Å². The lowest BCUT2D eigenvalue weighted by Crippen LogP contribution is -2.41. The summed E-state index contributed by atoms with van der Waals surface area (Å²) >= 11 is 0. The van der Waals surface area contributed by atoms with Gasteiger partial charge < -0.3 is 20.2 Å². The third-order valence-electron chi connectivity index (χ3n) is 2.84. The minimum absolute atomic E-state index is 0.0537. The van der Waals surface area contributed by atoms with Gasteiger partial charge in [-0.25, -0.2) is 4.79 Å². The highest BCUT2D eigenvalue weighted by atomic mass is 16.6. The summed E-state index contributed by atoms with van der Waals surface area (Å²) in [7, 11) is 0. The highest BCUT2D eigenvalue weighted by Gasteiger charge is 2.34. The van der Waals surface area contributed by atoms with E-state index in [2.05, 4.69) is 10.5 Å². The number of hydrogen-bond donors (Lipinski definition) is 2. The lowest BCUT2D eigenvalue weighted by atomic mass is 10.1. The molecule has 2 N–H and O–H groups in total. The topological polar surface area (TPSA) is 91.2 Å². The second-order valence-electron chi connectivity index (χ2n) is 4.07. The van der Waals surface area contributed by atoms with Crippen LogP contribution < -0.4 is 5.32 Å². The standard InChI is InChI=1S/C10H15N3O4/c14-9(13-4-1-2-11-3-5-13)8-6-7(10(15)16)12-17-8/h8,11H,1-6H2,(H,15,16). The van der Waals surface area contributed by atoms with Crippen LogP contribution >= 0.6 is 0 Å². The minimum Gasteiger partial charge on any atom is -0.477 e. The molecule has 1 atom stereocenters. The van der Waals surface area contributed by atoms with Crippen molar-refractivity contribution >= 4 is 17.6 Å². The van der Waals surface area contributed by atoms with Crippen molar-refractivity contribution in [2.24, 2.45) is 5.16 Å². The molecule has 0 saturated carbocycles. The van der Waals surface area contributed by atoms with Gasteiger partial charge in [0.05, 0.1) is 0 Å². The Hall–Kier alpha value is -1.63. The van der Waals surface area contributed by atoms with Crippen molar-refractivity contribution in [3.05, 3.63) is 0 Å². The lowest BCUT2D eigenvalue weighted by Gasteiger charge is -2.22. The van der Waals surface area contributed by atoms with Crippen LogP contribution in [-0.4, -0.2) is 59.9 Å². The average molecular weight is 241 g/mol. The van der Waals surface area contributed by atoms with Gasteiger partial charge in [-0.05, 0) is 13.0 Å². The van der Waals surface area contributed by atoms with Gasteiger partial charge >= 0.3 is 5.97 Å². The molecule has 2 aliphatic heterocycles. The van der Waals surface area contributed by atoms with Crippen LogP contribution in [0.15, 0.2) is 5.16 Å². The molecule has 1 fully saturated rings. The molecule has 0 aromatic heterocycles. The molecule has 0 aliphatic carbocycles. The molecule has 2 rings (SSSR count). The summed E-state index contributed by atoms with van der Waals surface area (Å²) in [4.78, 5) is 29.3. The molecule has 0 aromatic rings. The molecular weight excluding hydrogens is 226 g/mol. The quantitative estimate of drug-likeness (QED) is 0.649. The number of rotatable bonds is 2. The number of carboxylic acid groups (broad SMARTS) is 1. The van der Waals surface area contributed by atoms with Crippen molar-refractivity contribution in [2.75, 3.05) is 26.2 Å². The number of oxime groups is 1. The number of carbonyl (C=O) groups is 2. The van der Waals surface area contributed by atoms with Crippen molar-refractivity contribution in [3.8, 4) is 0 Å². The number of carboxylic acids is 1. The predicted octanol–water partition coefficient (Wildman–Crippen LogP) is -0.962. The number of nitrogens with one attached hydrogen (secondary N) is 1. The number of carbonyl (C=O) groups excluding carboxylic acids is 1. The molecule has 2 heterocycles. The van der Waals surface area contributed by atoms with Crippen molar-refractivity contribution in [1.29, 1.82) is 0 Å². The zero-order valence-electron chi connectivity index (χ0n) is 9.39. The van der Waals surface area contributed by atoms with Gasteiger partial charge in [-0.15, -0.1) is 0 Å². The Kier molecular flexibility index (Phi) is 3.58. The molecule has 0 radical (unpaired) electrons. The molecule has 7 nitrogen and oxygen atoms in total. The normalized spacial score (nSPS) is 24.8. The minimum atomic E-state index is -1.13. The van der Waals surface area contributed by atoms with Crippen molar-refractivity contribution < 1.29 is 19.5 Å². The van der Waals surface area contributed by atoms with Crippen LogP contribution in [0.4, 0.5) is 0 Å². The molecule has 1 unspecified atom stereocenters. The molecule has 17 heavy (non-hydrogen) atoms. The van der Waals surface area contributed by atoms with Gasteiger partial charge in [-0.1, -0.05) is 5.16 Å². The van der Waals surface area contributed by atoms with E-state index in [0.29, 0.717) is 13.1 Å². The number of hydrogen-bond acceptors (Lipinski definition) is 5. The van der Waals surface area contributed by atoms with Crippen LogP contribution in [0.1, 0.15) is 12.8 Å². The van der Waals surface area contributed by atoms with E-state index in [-0.39, 0.29) is 18.0 Å². The van der Waals surface area contributed by atoms with Crippen LogP contribution in [0, 0.1) is 0 Å². The van der Waals surface area contributed by atoms with Crippen LogP contribution in [0.3, 0.4) is 0 Å². The Labute approximate surface area is 98.4 Å². The first kappa shape index (κ1) is 11.8. The predicted molar refractivity (Wildman–Crippen MR) is 58.6 cm³/mol. The molecule has 0 spiro atoms. The summed E-state index contributed by atoms with van der Waals surface area (Å²) in [5.41, 5.74) is -0.0868. The molecule has 0 bridgehead atoms. The summed E-state index contributed by atoms with van der Waals surface area (Å²) in [6, 6.07) is 0. The number of nitrogens with zero attached hydrogens (tertiary/aromatic N) is 2. The Balaban J connectivity index is 1.91. The maximum Gasteiger partial charge on any atom is 0.353 e. The smallest absolute Gasteiger partial charge is 0.353 e. The van der Waals surface area contributed by atoms with Gasteiger partial charge in [0.25, 0.3) is 5.91 Å². The fraction of sp³-hybridized carbons (Fsp3) is 0.700. The van der Waals surface area contributed by atoms with Crippen LogP contribution in [-0.2, 0) is 14.4 Å². The Bertz CT molecular complexity index is 347. The van der Waals surface area contributed by atoms with Crippen LogP contribution in [0.25, 0.3) is 0 Å². The van der Waals surface area contributed by atoms with Crippen molar-refractivity contribution in [2.45, 2.75) is 18.9 Å². The molecule has 7 heteroatoms. The third-order valence-corrected chi connectivity index (χ3v) is 2.84. The average Bonchev–Trinajstić information content (AvgIpc) is 2.65. The summed E-state index contributed by atoms with van der Waals surface area (Å²) < 4.78 is 0. The van der Waals surface area contributed by atoms with Gasteiger partial charge in [0.15, 0.2) is 5.71 Å². The van der Waals surface area contributed by atoms with E-state index in [4.69, 9.17) is 9.94 Å². The maximum atomic E-state index is 12.0. The summed E-state index contributed by atoms with van der Waals surface area (Å²) in [6.07, 6.45) is 0.183. The van der Waals surface area contributed by atoms with E-state index in [1.807, 2.05) is 0 Å². The number of aliphatic carboxylic acids is 1. The zero-order chi connectivity index (χ0) is 12.3. The summed E-state index contributed by atoms with van der Waals surface area (Å²) in [5.74, 6) is -1.30. The monoisotopic (exact) mass is 241 g/mol. The van der Waals surface area contributed by atoms with Gasteiger partial charge in [0.1, 0.15) is 0 Å². The van der Waals surface area contributed by atoms with Gasteiger partial charge in [-0.3, -0.25) is 4.79 Å². The highest BCUT2D eigenvalue weighted by Crippen LogP contribution is 2.14. The van der Waals surface area contributed by atoms with Crippen molar-refractivity contribution in [3.63, 3.8) is 0 Å². The van der Waals surface area contributed by atoms with E-state index in [0.717, 1.165) is 19.5 Å². The van der Waals surface area contributed by atoms with E-state index in [1.54, 1.807) is 4.90 Å². The molecule has 1 amide bonds. The molecular formula is C10H15N3O4. The first-order valence-electron chi connectivity index (χ1n) is 5.64. The lowest BCUT2D eigenvalue weighted by molar-refractivity contribution is -0.141. The summed E-state index contributed by atoms with van der Waals surface area (Å²) in [5, 5.41) is 15.3. The highest BCUT2D eigenvalue weighted by molar-refractivity contribution is 6.36. The fourth-order valence-electron chi connectivity index (χ4n) is 1.91. The molecule has 1 saturated heterocycles. The maximum absolute atomic E-state index is 12.0. The van der Waals surface area contributed by atoms with Crippen molar-refractivity contribution in [1.82, 2.24) is 10.2 Å². The largest absolute Gasteiger partial charge is 0.477 e. The molecule has 0 aromatic carbocycles. The van der Waals surface area contributed by atoms with Gasteiger partial charge in [0, 0.05) is 26.1 Å². The zero-order valence-corrected chi connectivity index (χ0v) is 9.39. The molecule has 2 aliphatic rings. The third kappa shape index (κ3) is 2.73.